The highest BCUT2D eigenvalue weighted by molar-refractivity contribution is 6.22. The number of hydrogen-bond acceptors (Lipinski definition) is 2. The largest absolute Gasteiger partial charge is 0.455 e. The Balaban J connectivity index is 1.13. The number of anilines is 3. The van der Waals surface area contributed by atoms with Crippen molar-refractivity contribution in [1.82, 2.24) is 0 Å². The average Bonchev–Trinajstić information content (AvgIpc) is 3.96. The molecule has 0 saturated heterocycles. The van der Waals surface area contributed by atoms with Gasteiger partial charge in [-0.3, -0.25) is 0 Å². The van der Waals surface area contributed by atoms with Crippen LogP contribution in [0.4, 0.5) is 17.1 Å². The van der Waals surface area contributed by atoms with Gasteiger partial charge in [0.15, 0.2) is 0 Å². The highest BCUT2D eigenvalue weighted by Crippen LogP contribution is 2.58. The van der Waals surface area contributed by atoms with Crippen molar-refractivity contribution in [2.24, 2.45) is 0 Å². The molecule has 0 spiro atoms. The van der Waals surface area contributed by atoms with Crippen molar-refractivity contribution in [3.63, 3.8) is 0 Å². The maximum atomic E-state index is 7.10. The lowest BCUT2D eigenvalue weighted by atomic mass is 9.67. The van der Waals surface area contributed by atoms with E-state index in [-0.39, 0.29) is 5.41 Å². The van der Waals surface area contributed by atoms with Crippen molar-refractivity contribution in [1.29, 1.82) is 0 Å². The summed E-state index contributed by atoms with van der Waals surface area (Å²) in [6.07, 6.45) is 0. The predicted molar refractivity (Wildman–Crippen MR) is 266 cm³/mol. The average molecular weight is 818 g/mol. The van der Waals surface area contributed by atoms with E-state index in [0.29, 0.717) is 0 Å². The number of benzene rings is 10. The third kappa shape index (κ3) is 5.08. The van der Waals surface area contributed by atoms with E-state index in [1.807, 2.05) is 0 Å². The topological polar surface area (TPSA) is 16.4 Å². The molecule has 0 N–H and O–H groups in total. The van der Waals surface area contributed by atoms with Crippen molar-refractivity contribution >= 4 is 49.8 Å². The van der Waals surface area contributed by atoms with Crippen LogP contribution in [0.1, 0.15) is 47.2 Å². The quantitative estimate of drug-likeness (QED) is 0.166. The lowest BCUT2D eigenvalue weighted by Gasteiger charge is -2.35. The predicted octanol–water partition coefficient (Wildman–Crippen LogP) is 16.5. The van der Waals surface area contributed by atoms with E-state index in [2.05, 4.69) is 243 Å². The third-order valence-corrected chi connectivity index (χ3v) is 14.3. The third-order valence-electron chi connectivity index (χ3n) is 14.3. The zero-order valence-electron chi connectivity index (χ0n) is 35.7. The summed E-state index contributed by atoms with van der Waals surface area (Å²) in [6, 6.07) is 82.8. The summed E-state index contributed by atoms with van der Waals surface area (Å²) in [5.74, 6) is 0. The SMILES string of the molecule is CC1(C)c2ccccc2-c2ccc(N(c3ccc4c(c3)C(c3ccccc3)(c3ccccc3)c3ccccc3-4)c3ccc4c(oc5ccc6ccccc6c54)c3-c3ccccc3)cc21. The number of nitrogens with zero attached hydrogens (tertiary/aromatic N) is 1. The molecule has 2 nitrogen and oxygen atoms in total. The maximum Gasteiger partial charge on any atom is 0.145 e. The summed E-state index contributed by atoms with van der Waals surface area (Å²) in [5, 5.41) is 4.65. The van der Waals surface area contributed by atoms with Crippen LogP contribution in [0.15, 0.2) is 229 Å². The van der Waals surface area contributed by atoms with Crippen molar-refractivity contribution in [2.45, 2.75) is 24.7 Å². The first-order valence-electron chi connectivity index (χ1n) is 22.3. The van der Waals surface area contributed by atoms with Crippen LogP contribution in [0.2, 0.25) is 0 Å². The molecule has 0 radical (unpaired) electrons. The number of furan rings is 1. The Morgan fingerprint density at radius 1 is 0.406 bits per heavy atom. The van der Waals surface area contributed by atoms with E-state index in [1.165, 1.54) is 66.4 Å². The summed E-state index contributed by atoms with van der Waals surface area (Å²) in [7, 11) is 0. The zero-order valence-corrected chi connectivity index (χ0v) is 35.7. The van der Waals surface area contributed by atoms with Crippen LogP contribution in [0, 0.1) is 0 Å². The van der Waals surface area contributed by atoms with E-state index in [1.54, 1.807) is 0 Å². The van der Waals surface area contributed by atoms with Gasteiger partial charge in [0, 0.05) is 33.1 Å². The van der Waals surface area contributed by atoms with E-state index in [0.717, 1.165) is 50.1 Å². The maximum absolute atomic E-state index is 7.10. The van der Waals surface area contributed by atoms with Gasteiger partial charge in [-0.15, -0.1) is 0 Å². The lowest BCUT2D eigenvalue weighted by Crippen LogP contribution is -2.28. The molecule has 302 valence electrons. The monoisotopic (exact) mass is 817 g/mol. The second-order valence-corrected chi connectivity index (χ2v) is 18.0. The Labute approximate surface area is 373 Å². The highest BCUT2D eigenvalue weighted by atomic mass is 16.3. The minimum absolute atomic E-state index is 0.186. The molecule has 10 aromatic carbocycles. The first-order chi connectivity index (χ1) is 31.5. The fraction of sp³-hybridized carbons (Fsp3) is 0.0645. The molecule has 2 aliphatic carbocycles. The summed E-state index contributed by atoms with van der Waals surface area (Å²) < 4.78 is 7.10. The fourth-order valence-electron chi connectivity index (χ4n) is 11.5. The molecule has 0 atom stereocenters. The van der Waals surface area contributed by atoms with Gasteiger partial charge in [0.25, 0.3) is 0 Å². The molecule has 2 heteroatoms. The minimum atomic E-state index is -0.552. The number of hydrogen-bond donors (Lipinski definition) is 0. The van der Waals surface area contributed by atoms with Gasteiger partial charge in [-0.25, -0.2) is 0 Å². The van der Waals surface area contributed by atoms with Gasteiger partial charge in [0.05, 0.1) is 11.1 Å². The summed E-state index contributed by atoms with van der Waals surface area (Å²) >= 11 is 0. The summed E-state index contributed by atoms with van der Waals surface area (Å²) in [6.45, 7) is 4.74. The summed E-state index contributed by atoms with van der Waals surface area (Å²) in [4.78, 5) is 2.50. The van der Waals surface area contributed by atoms with Gasteiger partial charge in [0.1, 0.15) is 11.2 Å². The van der Waals surface area contributed by atoms with Crippen LogP contribution >= 0.6 is 0 Å². The van der Waals surface area contributed by atoms with Crippen LogP contribution < -0.4 is 4.90 Å². The molecule has 1 heterocycles. The second-order valence-electron chi connectivity index (χ2n) is 18.0. The minimum Gasteiger partial charge on any atom is -0.455 e. The smallest absolute Gasteiger partial charge is 0.145 e. The second kappa shape index (κ2) is 13.8. The molecule has 1 aromatic heterocycles. The normalized spacial score (nSPS) is 14.0. The van der Waals surface area contributed by atoms with E-state index in [9.17, 15) is 0 Å². The Bertz CT molecular complexity index is 3600. The zero-order chi connectivity index (χ0) is 42.6. The summed E-state index contributed by atoms with van der Waals surface area (Å²) in [5.41, 5.74) is 19.3. The van der Waals surface area contributed by atoms with Gasteiger partial charge in [0.2, 0.25) is 0 Å². The first-order valence-corrected chi connectivity index (χ1v) is 22.3. The Kier molecular flexibility index (Phi) is 7.90. The Morgan fingerprint density at radius 2 is 0.953 bits per heavy atom. The first kappa shape index (κ1) is 36.7. The molecule has 0 amide bonds. The van der Waals surface area contributed by atoms with Crippen molar-refractivity contribution in [3.8, 4) is 33.4 Å². The van der Waals surface area contributed by atoms with Gasteiger partial charge >= 0.3 is 0 Å². The van der Waals surface area contributed by atoms with E-state index in [4.69, 9.17) is 4.42 Å². The molecule has 0 bridgehead atoms. The number of fused-ring (bicyclic) bond motifs is 11. The van der Waals surface area contributed by atoms with Gasteiger partial charge in [-0.2, -0.15) is 0 Å². The van der Waals surface area contributed by atoms with Crippen LogP contribution in [-0.4, -0.2) is 0 Å². The van der Waals surface area contributed by atoms with Crippen LogP contribution in [0.25, 0.3) is 66.1 Å². The molecule has 0 saturated carbocycles. The highest BCUT2D eigenvalue weighted by Gasteiger charge is 2.46. The molecule has 13 rings (SSSR count). The van der Waals surface area contributed by atoms with Gasteiger partial charge < -0.3 is 9.32 Å². The van der Waals surface area contributed by atoms with Gasteiger partial charge in [-0.1, -0.05) is 196 Å². The van der Waals surface area contributed by atoms with Crippen molar-refractivity contribution < 1.29 is 4.42 Å². The van der Waals surface area contributed by atoms with Crippen LogP contribution in [0.5, 0.6) is 0 Å². The van der Waals surface area contributed by atoms with E-state index >= 15 is 0 Å². The number of rotatable bonds is 6. The van der Waals surface area contributed by atoms with Crippen LogP contribution in [-0.2, 0) is 10.8 Å². The Morgan fingerprint density at radius 3 is 1.66 bits per heavy atom. The van der Waals surface area contributed by atoms with E-state index < -0.39 is 5.41 Å². The molecule has 64 heavy (non-hydrogen) atoms. The standard InChI is InChI=1S/C62H43NO/c1-61(2)52-28-16-14-26-47(52)49-33-31-44(38-54(49)61)63(56-36-35-51-59-46-25-13-12-18-40(46)30-37-57(59)64-60(51)58(56)41-19-6-3-7-20-41)45-32-34-50-48-27-15-17-29-53(48)62(55(50)39-45,42-21-8-4-9-22-42)43-23-10-5-11-24-43/h3-39H,1-2H3. The van der Waals surface area contributed by atoms with Crippen molar-refractivity contribution in [2.75, 3.05) is 4.90 Å². The molecule has 0 aliphatic heterocycles. The van der Waals surface area contributed by atoms with Crippen LogP contribution in [0.3, 0.4) is 0 Å². The molecule has 2 aliphatic rings. The van der Waals surface area contributed by atoms with Crippen molar-refractivity contribution in [3.05, 3.63) is 258 Å². The van der Waals surface area contributed by atoms with Gasteiger partial charge in [-0.05, 0) is 114 Å². The molecule has 11 aromatic rings. The molecule has 0 fully saturated rings. The lowest BCUT2D eigenvalue weighted by molar-refractivity contribution is 0.660. The molecule has 0 unspecified atom stereocenters. The molecular formula is C62H43NO. The fourth-order valence-corrected chi connectivity index (χ4v) is 11.5. The Hall–Kier alpha value is -7.94. The molecular weight excluding hydrogens is 775 g/mol.